The highest BCUT2D eigenvalue weighted by Crippen LogP contribution is 2.34. The number of fused-ring (bicyclic) bond motifs is 1. The molecule has 0 saturated heterocycles. The number of rotatable bonds is 6. The van der Waals surface area contributed by atoms with Crippen LogP contribution in [-0.4, -0.2) is 35.9 Å². The number of aliphatic hydroxyl groups excluding tert-OH is 1. The van der Waals surface area contributed by atoms with Gasteiger partial charge in [0, 0.05) is 11.5 Å². The molecule has 2 N–H and O–H groups in total. The summed E-state index contributed by atoms with van der Waals surface area (Å²) in [7, 11) is 3.17. The van der Waals surface area contributed by atoms with Crippen molar-refractivity contribution in [2.45, 2.75) is 6.04 Å². The van der Waals surface area contributed by atoms with E-state index in [1.807, 2.05) is 36.4 Å². The standard InChI is InChI=1S/C18H19N3O3/c1-23-16-8-13-14(9-17(16)24-2)19-11-20-18(13)21-15(10-22)12-6-4-3-5-7-12/h3-9,11,15,22H,10H2,1-2H3,(H,19,20,21)/t15-/m0/s1. The minimum absolute atomic E-state index is 0.0528. The highest BCUT2D eigenvalue weighted by Gasteiger charge is 2.15. The van der Waals surface area contributed by atoms with Gasteiger partial charge in [0.25, 0.3) is 0 Å². The van der Waals surface area contributed by atoms with Crippen LogP contribution in [0, 0.1) is 0 Å². The predicted molar refractivity (Wildman–Crippen MR) is 92.5 cm³/mol. The van der Waals surface area contributed by atoms with Crippen LogP contribution in [0.15, 0.2) is 48.8 Å². The number of aliphatic hydroxyl groups is 1. The monoisotopic (exact) mass is 325 g/mol. The Balaban J connectivity index is 2.02. The zero-order valence-corrected chi connectivity index (χ0v) is 13.6. The first-order valence-electron chi connectivity index (χ1n) is 7.56. The van der Waals surface area contributed by atoms with Crippen LogP contribution in [0.3, 0.4) is 0 Å². The Kier molecular flexibility index (Phi) is 4.77. The lowest BCUT2D eigenvalue weighted by atomic mass is 10.1. The summed E-state index contributed by atoms with van der Waals surface area (Å²) in [5.41, 5.74) is 1.71. The van der Waals surface area contributed by atoms with Crippen molar-refractivity contribution < 1.29 is 14.6 Å². The molecule has 0 saturated carbocycles. The van der Waals surface area contributed by atoms with Gasteiger partial charge in [-0.1, -0.05) is 30.3 Å². The molecule has 24 heavy (non-hydrogen) atoms. The summed E-state index contributed by atoms with van der Waals surface area (Å²) in [5, 5.41) is 13.8. The smallest absolute Gasteiger partial charge is 0.162 e. The zero-order chi connectivity index (χ0) is 16.9. The predicted octanol–water partition coefficient (Wildman–Crippen LogP) is 2.79. The van der Waals surface area contributed by atoms with Gasteiger partial charge in [-0.25, -0.2) is 9.97 Å². The molecule has 1 heterocycles. The van der Waals surface area contributed by atoms with Gasteiger partial charge < -0.3 is 19.9 Å². The fraction of sp³-hybridized carbons (Fsp3) is 0.222. The second kappa shape index (κ2) is 7.14. The Morgan fingerprint density at radius 3 is 2.42 bits per heavy atom. The first-order chi connectivity index (χ1) is 11.8. The van der Waals surface area contributed by atoms with E-state index >= 15 is 0 Å². The summed E-state index contributed by atoms with van der Waals surface area (Å²) in [4.78, 5) is 8.60. The van der Waals surface area contributed by atoms with E-state index in [4.69, 9.17) is 9.47 Å². The molecule has 0 bridgehead atoms. The molecular weight excluding hydrogens is 306 g/mol. The molecule has 3 rings (SSSR count). The summed E-state index contributed by atoms with van der Waals surface area (Å²) < 4.78 is 10.7. The Bertz CT molecular complexity index is 824. The van der Waals surface area contributed by atoms with Crippen molar-refractivity contribution in [3.8, 4) is 11.5 Å². The number of benzene rings is 2. The number of aromatic nitrogens is 2. The topological polar surface area (TPSA) is 76.5 Å². The summed E-state index contributed by atoms with van der Waals surface area (Å²) in [6, 6.07) is 13.1. The molecule has 0 aliphatic heterocycles. The average molecular weight is 325 g/mol. The molecule has 0 aliphatic carbocycles. The van der Waals surface area contributed by atoms with E-state index in [0.29, 0.717) is 17.3 Å². The minimum Gasteiger partial charge on any atom is -0.493 e. The number of nitrogens with zero attached hydrogens (tertiary/aromatic N) is 2. The molecule has 6 heteroatoms. The molecule has 2 aromatic carbocycles. The summed E-state index contributed by atoms with van der Waals surface area (Å²) in [6.45, 7) is -0.0528. The van der Waals surface area contributed by atoms with Crippen LogP contribution < -0.4 is 14.8 Å². The number of hydrogen-bond donors (Lipinski definition) is 2. The molecule has 1 atom stereocenters. The molecule has 6 nitrogen and oxygen atoms in total. The molecule has 0 unspecified atom stereocenters. The molecule has 0 radical (unpaired) electrons. The molecule has 0 fully saturated rings. The van der Waals surface area contributed by atoms with Crippen LogP contribution in [-0.2, 0) is 0 Å². The quantitative estimate of drug-likeness (QED) is 0.726. The first-order valence-corrected chi connectivity index (χ1v) is 7.56. The van der Waals surface area contributed by atoms with Crippen LogP contribution >= 0.6 is 0 Å². The number of hydrogen-bond acceptors (Lipinski definition) is 6. The average Bonchev–Trinajstić information content (AvgIpc) is 2.65. The molecule has 0 amide bonds. The van der Waals surface area contributed by atoms with Crippen molar-refractivity contribution in [1.82, 2.24) is 9.97 Å². The van der Waals surface area contributed by atoms with Crippen molar-refractivity contribution in [1.29, 1.82) is 0 Å². The fourth-order valence-electron chi connectivity index (χ4n) is 2.58. The Labute approximate surface area is 140 Å². The normalized spacial score (nSPS) is 12.0. The second-order valence-electron chi connectivity index (χ2n) is 5.24. The van der Waals surface area contributed by atoms with E-state index in [1.165, 1.54) is 6.33 Å². The van der Waals surface area contributed by atoms with Gasteiger partial charge in [0.2, 0.25) is 0 Å². The van der Waals surface area contributed by atoms with Gasteiger partial charge in [-0.15, -0.1) is 0 Å². The lowest BCUT2D eigenvalue weighted by Crippen LogP contribution is -2.16. The van der Waals surface area contributed by atoms with E-state index in [2.05, 4.69) is 15.3 Å². The van der Waals surface area contributed by atoms with Crippen LogP contribution in [0.5, 0.6) is 11.5 Å². The highest BCUT2D eigenvalue weighted by atomic mass is 16.5. The molecule has 1 aromatic heterocycles. The SMILES string of the molecule is COc1cc2ncnc(N[C@@H](CO)c3ccccc3)c2cc1OC. The van der Waals surface area contributed by atoms with Gasteiger partial charge in [0.05, 0.1) is 32.4 Å². The number of ether oxygens (including phenoxy) is 2. The fourth-order valence-corrected chi connectivity index (χ4v) is 2.58. The zero-order valence-electron chi connectivity index (χ0n) is 13.6. The lowest BCUT2D eigenvalue weighted by molar-refractivity contribution is 0.276. The largest absolute Gasteiger partial charge is 0.493 e. The van der Waals surface area contributed by atoms with Gasteiger partial charge in [-0.05, 0) is 11.6 Å². The molecule has 0 spiro atoms. The summed E-state index contributed by atoms with van der Waals surface area (Å²) in [6.07, 6.45) is 1.48. The van der Waals surface area contributed by atoms with Crippen molar-refractivity contribution in [2.24, 2.45) is 0 Å². The van der Waals surface area contributed by atoms with E-state index in [0.717, 1.165) is 16.5 Å². The van der Waals surface area contributed by atoms with Crippen LogP contribution in [0.25, 0.3) is 10.9 Å². The maximum Gasteiger partial charge on any atom is 0.162 e. The third-order valence-electron chi connectivity index (χ3n) is 3.84. The number of methoxy groups -OCH3 is 2. The summed E-state index contributed by atoms with van der Waals surface area (Å²) in [5.74, 6) is 1.84. The third-order valence-corrected chi connectivity index (χ3v) is 3.84. The number of anilines is 1. The second-order valence-corrected chi connectivity index (χ2v) is 5.24. The Morgan fingerprint density at radius 1 is 1.04 bits per heavy atom. The lowest BCUT2D eigenvalue weighted by Gasteiger charge is -2.19. The maximum atomic E-state index is 9.75. The van der Waals surface area contributed by atoms with Gasteiger partial charge in [0.1, 0.15) is 12.1 Å². The Morgan fingerprint density at radius 2 is 1.75 bits per heavy atom. The van der Waals surface area contributed by atoms with E-state index in [-0.39, 0.29) is 12.6 Å². The first kappa shape index (κ1) is 16.0. The third kappa shape index (κ3) is 3.09. The van der Waals surface area contributed by atoms with Gasteiger partial charge in [-0.2, -0.15) is 0 Å². The molecule has 0 aliphatic rings. The van der Waals surface area contributed by atoms with E-state index in [1.54, 1.807) is 20.3 Å². The van der Waals surface area contributed by atoms with E-state index < -0.39 is 0 Å². The molecule has 3 aromatic rings. The van der Waals surface area contributed by atoms with Gasteiger partial charge in [-0.3, -0.25) is 0 Å². The van der Waals surface area contributed by atoms with Crippen molar-refractivity contribution in [3.05, 3.63) is 54.4 Å². The van der Waals surface area contributed by atoms with Crippen molar-refractivity contribution in [2.75, 3.05) is 26.1 Å². The molecular formula is C18H19N3O3. The maximum absolute atomic E-state index is 9.75. The van der Waals surface area contributed by atoms with Crippen LogP contribution in [0.4, 0.5) is 5.82 Å². The van der Waals surface area contributed by atoms with E-state index in [9.17, 15) is 5.11 Å². The van der Waals surface area contributed by atoms with Crippen LogP contribution in [0.2, 0.25) is 0 Å². The van der Waals surface area contributed by atoms with Crippen molar-refractivity contribution in [3.63, 3.8) is 0 Å². The highest BCUT2D eigenvalue weighted by molar-refractivity contribution is 5.91. The van der Waals surface area contributed by atoms with Crippen LogP contribution in [0.1, 0.15) is 11.6 Å². The summed E-state index contributed by atoms with van der Waals surface area (Å²) >= 11 is 0. The number of nitrogens with one attached hydrogen (secondary N) is 1. The Hall–Kier alpha value is -2.86. The van der Waals surface area contributed by atoms with Gasteiger partial charge in [0.15, 0.2) is 11.5 Å². The molecule has 124 valence electrons. The van der Waals surface area contributed by atoms with Gasteiger partial charge >= 0.3 is 0 Å². The minimum atomic E-state index is -0.266. The van der Waals surface area contributed by atoms with Crippen molar-refractivity contribution >= 4 is 16.7 Å².